The fourth-order valence-electron chi connectivity index (χ4n) is 4.04. The maximum Gasteiger partial charge on any atom is 0.255 e. The molecule has 1 aliphatic rings. The van der Waals surface area contributed by atoms with Crippen molar-refractivity contribution in [2.45, 2.75) is 50.9 Å². The first kappa shape index (κ1) is 24.6. The first-order chi connectivity index (χ1) is 16.8. The molecule has 1 amide bonds. The van der Waals surface area contributed by atoms with Crippen LogP contribution in [0, 0.1) is 11.3 Å². The summed E-state index contributed by atoms with van der Waals surface area (Å²) >= 11 is 0. The molecular formula is C25H30FN7O2. The number of aromatic nitrogens is 3. The normalized spacial score (nSPS) is 17.4. The fraction of sp³-hybridized carbons (Fsp3) is 0.440. The van der Waals surface area contributed by atoms with Gasteiger partial charge in [-0.1, -0.05) is 6.42 Å². The van der Waals surface area contributed by atoms with E-state index in [0.29, 0.717) is 28.2 Å². The van der Waals surface area contributed by atoms with Gasteiger partial charge in [0.2, 0.25) is 0 Å². The van der Waals surface area contributed by atoms with Crippen LogP contribution in [-0.4, -0.2) is 63.1 Å². The van der Waals surface area contributed by atoms with Crippen LogP contribution in [0.3, 0.4) is 0 Å². The lowest BCUT2D eigenvalue weighted by atomic mass is 10.0. The summed E-state index contributed by atoms with van der Waals surface area (Å²) < 4.78 is 15.9. The summed E-state index contributed by atoms with van der Waals surface area (Å²) in [7, 11) is 0. The van der Waals surface area contributed by atoms with Gasteiger partial charge in [-0.2, -0.15) is 10.4 Å². The van der Waals surface area contributed by atoms with Gasteiger partial charge in [0.25, 0.3) is 5.91 Å². The number of alkyl halides is 1. The van der Waals surface area contributed by atoms with Crippen LogP contribution >= 0.6 is 0 Å². The predicted molar refractivity (Wildman–Crippen MR) is 131 cm³/mol. The van der Waals surface area contributed by atoms with Crippen molar-refractivity contribution in [3.8, 4) is 17.5 Å². The van der Waals surface area contributed by atoms with E-state index >= 15 is 0 Å². The van der Waals surface area contributed by atoms with Gasteiger partial charge in [0.05, 0.1) is 52.1 Å². The third-order valence-corrected chi connectivity index (χ3v) is 6.16. The largest absolute Gasteiger partial charge is 0.387 e. The number of anilines is 1. The number of amides is 1. The summed E-state index contributed by atoms with van der Waals surface area (Å²) in [5.74, 6) is -0.475. The van der Waals surface area contributed by atoms with Crippen LogP contribution in [0.15, 0.2) is 36.7 Å². The molecule has 1 saturated heterocycles. The smallest absolute Gasteiger partial charge is 0.255 e. The highest BCUT2D eigenvalue weighted by molar-refractivity contribution is 6.00. The number of nitrogens with one attached hydrogen (secondary N) is 3. The standard InChI is InChI=1S/C25H30FN7O2/c1-25(2,35)23(26)15-30-24(34)19-14-29-21(10-20(19)32-17-5-3-4-8-28-13-17)22-7-6-18-9-16(11-27)12-31-33(18)22/h6-7,9-10,12,14,17,23,28,35H,3-5,8,13,15H2,1-2H3,(H,29,32)(H,30,34)/t17?,23-/m1/s1. The summed E-state index contributed by atoms with van der Waals surface area (Å²) in [6, 6.07) is 9.45. The highest BCUT2D eigenvalue weighted by Gasteiger charge is 2.27. The van der Waals surface area contributed by atoms with Gasteiger partial charge < -0.3 is 21.1 Å². The van der Waals surface area contributed by atoms with E-state index in [4.69, 9.17) is 5.26 Å². The number of aliphatic hydroxyl groups is 1. The lowest BCUT2D eigenvalue weighted by Crippen LogP contribution is -2.42. The van der Waals surface area contributed by atoms with Crippen molar-refractivity contribution in [3.63, 3.8) is 0 Å². The van der Waals surface area contributed by atoms with Crippen LogP contribution in [0.1, 0.15) is 49.0 Å². The summed E-state index contributed by atoms with van der Waals surface area (Å²) in [6.07, 6.45) is 4.45. The summed E-state index contributed by atoms with van der Waals surface area (Å²) in [5, 5.41) is 32.8. The van der Waals surface area contributed by atoms with E-state index < -0.39 is 17.7 Å². The topological polar surface area (TPSA) is 127 Å². The first-order valence-electron chi connectivity index (χ1n) is 11.8. The predicted octanol–water partition coefficient (Wildman–Crippen LogP) is 2.66. The SMILES string of the molecule is CC(C)(O)[C@H](F)CNC(=O)c1cnc(-c2ccc3cc(C#N)cnn23)cc1NC1CCCCNC1. The van der Waals surface area contributed by atoms with E-state index in [1.54, 1.807) is 16.6 Å². The van der Waals surface area contributed by atoms with Crippen LogP contribution in [0.5, 0.6) is 0 Å². The van der Waals surface area contributed by atoms with E-state index in [1.807, 2.05) is 12.1 Å². The zero-order valence-electron chi connectivity index (χ0n) is 19.9. The quantitative estimate of drug-likeness (QED) is 0.410. The van der Waals surface area contributed by atoms with Gasteiger partial charge in [0.1, 0.15) is 12.2 Å². The zero-order valence-corrected chi connectivity index (χ0v) is 19.9. The van der Waals surface area contributed by atoms with Crippen molar-refractivity contribution in [1.29, 1.82) is 5.26 Å². The molecule has 0 spiro atoms. The van der Waals surface area contributed by atoms with Crippen LogP contribution in [-0.2, 0) is 0 Å². The molecule has 3 aromatic rings. The van der Waals surface area contributed by atoms with E-state index in [9.17, 15) is 14.3 Å². The average Bonchev–Trinajstić information content (AvgIpc) is 3.09. The molecule has 0 saturated carbocycles. The second kappa shape index (κ2) is 10.4. The molecule has 1 fully saturated rings. The van der Waals surface area contributed by atoms with Gasteiger partial charge in [0.15, 0.2) is 0 Å². The Kier molecular flexibility index (Phi) is 7.28. The number of fused-ring (bicyclic) bond motifs is 1. The maximum atomic E-state index is 14.2. The highest BCUT2D eigenvalue weighted by atomic mass is 19.1. The number of carbonyl (C=O) groups excluding carboxylic acids is 1. The Bertz CT molecular complexity index is 1240. The summed E-state index contributed by atoms with van der Waals surface area (Å²) in [4.78, 5) is 17.5. The van der Waals surface area contributed by atoms with Crippen LogP contribution in [0.4, 0.5) is 10.1 Å². The van der Waals surface area contributed by atoms with Crippen molar-refractivity contribution >= 4 is 17.1 Å². The number of pyridine rings is 1. The monoisotopic (exact) mass is 479 g/mol. The zero-order chi connectivity index (χ0) is 25.0. The first-order valence-corrected chi connectivity index (χ1v) is 11.8. The van der Waals surface area contributed by atoms with E-state index in [2.05, 4.69) is 32.1 Å². The number of rotatable bonds is 7. The third-order valence-electron chi connectivity index (χ3n) is 6.16. The number of nitriles is 1. The molecule has 4 N–H and O–H groups in total. The second-order valence-corrected chi connectivity index (χ2v) is 9.40. The molecule has 1 unspecified atom stereocenters. The minimum Gasteiger partial charge on any atom is -0.387 e. The van der Waals surface area contributed by atoms with Crippen molar-refractivity contribution in [1.82, 2.24) is 25.2 Å². The van der Waals surface area contributed by atoms with Crippen molar-refractivity contribution in [3.05, 3.63) is 47.8 Å². The Balaban J connectivity index is 1.66. The highest BCUT2D eigenvalue weighted by Crippen LogP contribution is 2.27. The van der Waals surface area contributed by atoms with Gasteiger partial charge in [-0.3, -0.25) is 9.78 Å². The summed E-state index contributed by atoms with van der Waals surface area (Å²) in [6.45, 7) is 4.12. The van der Waals surface area contributed by atoms with Gasteiger partial charge in [0, 0.05) is 18.8 Å². The summed E-state index contributed by atoms with van der Waals surface area (Å²) in [5.41, 5.74) is 1.85. The molecule has 0 aliphatic carbocycles. The molecule has 9 nitrogen and oxygen atoms in total. The van der Waals surface area contributed by atoms with Crippen molar-refractivity contribution < 1.29 is 14.3 Å². The van der Waals surface area contributed by atoms with E-state index in [1.165, 1.54) is 26.2 Å². The number of nitrogens with zero attached hydrogens (tertiary/aromatic N) is 4. The lowest BCUT2D eigenvalue weighted by molar-refractivity contribution is -0.00177. The Morgan fingerprint density at radius 3 is 2.97 bits per heavy atom. The minimum atomic E-state index is -1.61. The molecule has 0 bridgehead atoms. The van der Waals surface area contributed by atoms with Crippen LogP contribution < -0.4 is 16.0 Å². The van der Waals surface area contributed by atoms with Crippen molar-refractivity contribution in [2.24, 2.45) is 0 Å². The number of hydrogen-bond acceptors (Lipinski definition) is 7. The molecule has 4 rings (SSSR count). The van der Waals surface area contributed by atoms with Gasteiger partial charge in [-0.05, 0) is 57.5 Å². The Morgan fingerprint density at radius 1 is 1.37 bits per heavy atom. The third kappa shape index (κ3) is 5.75. The van der Waals surface area contributed by atoms with Gasteiger partial charge in [-0.25, -0.2) is 8.91 Å². The molecule has 35 heavy (non-hydrogen) atoms. The Morgan fingerprint density at radius 2 is 2.20 bits per heavy atom. The number of halogens is 1. The van der Waals surface area contributed by atoms with Gasteiger partial charge in [-0.15, -0.1) is 0 Å². The molecule has 0 radical (unpaired) electrons. The molecule has 184 valence electrons. The lowest BCUT2D eigenvalue weighted by Gasteiger charge is -2.23. The van der Waals surface area contributed by atoms with E-state index in [-0.39, 0.29) is 12.6 Å². The van der Waals surface area contributed by atoms with E-state index in [0.717, 1.165) is 37.9 Å². The van der Waals surface area contributed by atoms with Crippen LogP contribution in [0.25, 0.3) is 16.9 Å². The molecule has 10 heteroatoms. The fourth-order valence-corrected chi connectivity index (χ4v) is 4.04. The van der Waals surface area contributed by atoms with Crippen molar-refractivity contribution in [2.75, 3.05) is 25.0 Å². The molecule has 4 heterocycles. The molecule has 0 aromatic carbocycles. The maximum absolute atomic E-state index is 14.2. The Labute approximate surface area is 203 Å². The van der Waals surface area contributed by atoms with Crippen LogP contribution in [0.2, 0.25) is 0 Å². The minimum absolute atomic E-state index is 0.116. The number of hydrogen-bond donors (Lipinski definition) is 4. The number of carbonyl (C=O) groups is 1. The van der Waals surface area contributed by atoms with Gasteiger partial charge >= 0.3 is 0 Å². The molecule has 3 aromatic heterocycles. The molecule has 1 aliphatic heterocycles. The molecule has 2 atom stereocenters. The Hall–Kier alpha value is -3.55. The average molecular weight is 480 g/mol. The molecular weight excluding hydrogens is 449 g/mol. The second-order valence-electron chi connectivity index (χ2n) is 9.40.